The maximum absolute atomic E-state index is 12.9. The van der Waals surface area contributed by atoms with Gasteiger partial charge >= 0.3 is 6.18 Å². The van der Waals surface area contributed by atoms with E-state index < -0.39 is 18.0 Å². The molecule has 2 N–H and O–H groups in total. The maximum Gasteiger partial charge on any atom is 0.393 e. The van der Waals surface area contributed by atoms with Gasteiger partial charge < -0.3 is 10.6 Å². The van der Waals surface area contributed by atoms with Gasteiger partial charge in [0, 0.05) is 31.5 Å². The Morgan fingerprint density at radius 1 is 1.35 bits per heavy atom. The summed E-state index contributed by atoms with van der Waals surface area (Å²) in [4.78, 5) is 12.2. The van der Waals surface area contributed by atoms with E-state index in [1.54, 1.807) is 0 Å². The molecule has 1 amide bonds. The molecule has 0 aromatic heterocycles. The minimum absolute atomic E-state index is 0.0562. The highest BCUT2D eigenvalue weighted by atomic mass is 19.4. The van der Waals surface area contributed by atoms with Gasteiger partial charge in [-0.1, -0.05) is 29.8 Å². The van der Waals surface area contributed by atoms with Gasteiger partial charge in [0.2, 0.25) is 5.91 Å². The van der Waals surface area contributed by atoms with Crippen LogP contribution in [0.4, 0.5) is 13.2 Å². The fraction of sp³-hybridized carbons (Fsp3) is 0.588. The Morgan fingerprint density at radius 2 is 2.13 bits per heavy atom. The molecule has 4 atom stereocenters. The van der Waals surface area contributed by atoms with Crippen molar-refractivity contribution >= 4 is 5.91 Å². The van der Waals surface area contributed by atoms with E-state index in [1.165, 1.54) is 0 Å². The molecule has 1 heterocycles. The predicted molar refractivity (Wildman–Crippen MR) is 80.9 cm³/mol. The summed E-state index contributed by atoms with van der Waals surface area (Å²) < 4.78 is 38.6. The summed E-state index contributed by atoms with van der Waals surface area (Å²) in [7, 11) is 0. The second-order valence-corrected chi connectivity index (χ2v) is 6.67. The van der Waals surface area contributed by atoms with E-state index in [2.05, 4.69) is 16.7 Å². The first-order valence-electron chi connectivity index (χ1n) is 7.98. The van der Waals surface area contributed by atoms with Crippen molar-refractivity contribution in [2.75, 3.05) is 19.6 Å². The van der Waals surface area contributed by atoms with Crippen LogP contribution in [0.5, 0.6) is 0 Å². The van der Waals surface area contributed by atoms with Gasteiger partial charge in [0.15, 0.2) is 0 Å². The zero-order valence-corrected chi connectivity index (χ0v) is 13.0. The quantitative estimate of drug-likeness (QED) is 0.893. The third-order valence-electron chi connectivity index (χ3n) is 4.90. The Hall–Kier alpha value is -1.56. The van der Waals surface area contributed by atoms with Crippen molar-refractivity contribution in [1.29, 1.82) is 0 Å². The number of hydrogen-bond acceptors (Lipinski definition) is 2. The third-order valence-corrected chi connectivity index (χ3v) is 4.90. The van der Waals surface area contributed by atoms with Crippen LogP contribution in [0.1, 0.15) is 23.5 Å². The van der Waals surface area contributed by atoms with Crippen LogP contribution in [0.2, 0.25) is 0 Å². The molecule has 6 heteroatoms. The average molecular weight is 326 g/mol. The normalized spacial score (nSPS) is 30.3. The van der Waals surface area contributed by atoms with Crippen LogP contribution in [-0.2, 0) is 4.79 Å². The summed E-state index contributed by atoms with van der Waals surface area (Å²) >= 11 is 0. The predicted octanol–water partition coefficient (Wildman–Crippen LogP) is 2.61. The first-order chi connectivity index (χ1) is 10.9. The van der Waals surface area contributed by atoms with Gasteiger partial charge in [-0.05, 0) is 24.8 Å². The Balaban J connectivity index is 1.51. The Bertz CT molecular complexity index is 587. The molecule has 1 saturated carbocycles. The number of nitrogens with one attached hydrogen (secondary N) is 2. The van der Waals surface area contributed by atoms with Gasteiger partial charge in [0.05, 0.1) is 5.92 Å². The molecule has 0 unspecified atom stereocenters. The summed E-state index contributed by atoms with van der Waals surface area (Å²) in [6.45, 7) is 2.34. The molecule has 0 radical (unpaired) electrons. The van der Waals surface area contributed by atoms with Crippen molar-refractivity contribution < 1.29 is 18.0 Å². The second-order valence-electron chi connectivity index (χ2n) is 6.67. The Morgan fingerprint density at radius 3 is 2.83 bits per heavy atom. The highest BCUT2D eigenvalue weighted by molar-refractivity contribution is 5.82. The largest absolute Gasteiger partial charge is 0.393 e. The van der Waals surface area contributed by atoms with Crippen LogP contribution in [0.3, 0.4) is 0 Å². The van der Waals surface area contributed by atoms with Crippen LogP contribution >= 0.6 is 0 Å². The lowest BCUT2D eigenvalue weighted by molar-refractivity contribution is -0.179. The fourth-order valence-corrected chi connectivity index (χ4v) is 3.45. The van der Waals surface area contributed by atoms with Gasteiger partial charge in [0.25, 0.3) is 0 Å². The first-order valence-corrected chi connectivity index (χ1v) is 7.98. The number of alkyl halides is 3. The summed E-state index contributed by atoms with van der Waals surface area (Å²) in [6.07, 6.45) is -3.43. The molecule has 1 saturated heterocycles. The molecule has 2 fully saturated rings. The number of hydrogen-bond donors (Lipinski definition) is 2. The molecule has 1 aliphatic carbocycles. The molecule has 126 valence electrons. The Kier molecular flexibility index (Phi) is 4.36. The number of carbonyl (C=O) groups is 1. The second kappa shape index (κ2) is 6.15. The van der Waals surface area contributed by atoms with Crippen LogP contribution in [0.15, 0.2) is 24.3 Å². The summed E-state index contributed by atoms with van der Waals surface area (Å²) in [6, 6.07) is 8.05. The van der Waals surface area contributed by atoms with E-state index in [-0.39, 0.29) is 30.8 Å². The maximum atomic E-state index is 12.9. The highest BCUT2D eigenvalue weighted by Gasteiger charge is 2.48. The van der Waals surface area contributed by atoms with Gasteiger partial charge in [0.1, 0.15) is 0 Å². The zero-order valence-electron chi connectivity index (χ0n) is 13.0. The van der Waals surface area contributed by atoms with Gasteiger partial charge in [-0.15, -0.1) is 0 Å². The van der Waals surface area contributed by atoms with Gasteiger partial charge in [-0.3, -0.25) is 4.79 Å². The number of carbonyl (C=O) groups excluding carboxylic acids is 1. The molecule has 0 bridgehead atoms. The smallest absolute Gasteiger partial charge is 0.356 e. The van der Waals surface area contributed by atoms with Crippen LogP contribution in [-0.4, -0.2) is 31.7 Å². The molecule has 3 nitrogen and oxygen atoms in total. The summed E-state index contributed by atoms with van der Waals surface area (Å²) in [5.74, 6) is -1.96. The average Bonchev–Trinajstić information content (AvgIpc) is 3.13. The van der Waals surface area contributed by atoms with Crippen molar-refractivity contribution in [1.82, 2.24) is 10.6 Å². The lowest BCUT2D eigenvalue weighted by Crippen LogP contribution is -2.38. The lowest BCUT2D eigenvalue weighted by atomic mass is 9.95. The number of rotatable bonds is 4. The minimum Gasteiger partial charge on any atom is -0.356 e. The van der Waals surface area contributed by atoms with Crippen molar-refractivity contribution in [3.8, 4) is 0 Å². The topological polar surface area (TPSA) is 41.1 Å². The van der Waals surface area contributed by atoms with Crippen molar-refractivity contribution in [2.45, 2.75) is 25.4 Å². The number of halogens is 3. The molecular weight excluding hydrogens is 305 g/mol. The van der Waals surface area contributed by atoms with Crippen LogP contribution in [0.25, 0.3) is 0 Å². The molecule has 3 rings (SSSR count). The SMILES string of the molecule is Cc1cccc([C@@H]2C[C@H]2C(=O)NC[C@@H]2CNC[C@H]2C(F)(F)F)c1. The van der Waals surface area contributed by atoms with Crippen LogP contribution in [0, 0.1) is 24.7 Å². The lowest BCUT2D eigenvalue weighted by Gasteiger charge is -2.21. The number of aryl methyl sites for hydroxylation is 1. The van der Waals surface area contributed by atoms with Crippen molar-refractivity contribution in [3.05, 3.63) is 35.4 Å². The molecule has 1 aromatic carbocycles. The monoisotopic (exact) mass is 326 g/mol. The Labute approximate surface area is 133 Å². The van der Waals surface area contributed by atoms with Gasteiger partial charge in [-0.2, -0.15) is 13.2 Å². The third kappa shape index (κ3) is 3.68. The minimum atomic E-state index is -4.21. The first kappa shape index (κ1) is 16.3. The number of benzene rings is 1. The molecule has 23 heavy (non-hydrogen) atoms. The summed E-state index contributed by atoms with van der Waals surface area (Å²) in [5.41, 5.74) is 2.29. The number of amides is 1. The standard InChI is InChI=1S/C17H21F3N2O/c1-10-3-2-4-11(5-10)13-6-14(13)16(23)22-8-12-7-21-9-15(12)17(18,19)20/h2-5,12-15,21H,6-9H2,1H3,(H,22,23)/t12-,13-,14+,15+/m0/s1. The van der Waals surface area contributed by atoms with Crippen molar-refractivity contribution in [3.63, 3.8) is 0 Å². The van der Waals surface area contributed by atoms with Crippen molar-refractivity contribution in [2.24, 2.45) is 17.8 Å². The van der Waals surface area contributed by atoms with E-state index in [1.807, 2.05) is 25.1 Å². The highest BCUT2D eigenvalue weighted by Crippen LogP contribution is 2.47. The molecule has 1 aromatic rings. The van der Waals surface area contributed by atoms with Gasteiger partial charge in [-0.25, -0.2) is 0 Å². The van der Waals surface area contributed by atoms with Crippen LogP contribution < -0.4 is 10.6 Å². The van der Waals surface area contributed by atoms with E-state index in [9.17, 15) is 18.0 Å². The molecule has 0 spiro atoms. The van der Waals surface area contributed by atoms with E-state index in [4.69, 9.17) is 0 Å². The fourth-order valence-electron chi connectivity index (χ4n) is 3.45. The van der Waals surface area contributed by atoms with E-state index >= 15 is 0 Å². The molecule has 1 aliphatic heterocycles. The zero-order chi connectivity index (χ0) is 16.6. The van der Waals surface area contributed by atoms with E-state index in [0.717, 1.165) is 17.5 Å². The molecular formula is C17H21F3N2O. The summed E-state index contributed by atoms with van der Waals surface area (Å²) in [5, 5.41) is 5.49. The van der Waals surface area contributed by atoms with E-state index in [0.29, 0.717) is 6.54 Å². The molecule has 2 aliphatic rings.